The second-order valence-corrected chi connectivity index (χ2v) is 1.89. The fourth-order valence-corrected chi connectivity index (χ4v) is 0.682. The van der Waals surface area contributed by atoms with Gasteiger partial charge in [-0.3, -0.25) is 4.79 Å². The van der Waals surface area contributed by atoms with Crippen molar-refractivity contribution in [2.24, 2.45) is 5.73 Å². The minimum atomic E-state index is 0.667. The SMILES string of the molecule is CC.CN.COc1ccc(C=O)cc1. The Morgan fingerprint density at radius 3 is 1.86 bits per heavy atom. The lowest BCUT2D eigenvalue weighted by atomic mass is 10.2. The number of rotatable bonds is 2. The quantitative estimate of drug-likeness (QED) is 0.739. The lowest BCUT2D eigenvalue weighted by molar-refractivity contribution is 0.112. The summed E-state index contributed by atoms with van der Waals surface area (Å²) in [5.41, 5.74) is 5.17. The van der Waals surface area contributed by atoms with Crippen LogP contribution in [0.2, 0.25) is 0 Å². The fraction of sp³-hybridized carbons (Fsp3) is 0.364. The molecule has 1 rings (SSSR count). The van der Waals surface area contributed by atoms with E-state index in [1.807, 2.05) is 13.8 Å². The van der Waals surface area contributed by atoms with Crippen molar-refractivity contribution >= 4 is 6.29 Å². The van der Waals surface area contributed by atoms with Gasteiger partial charge in [-0.25, -0.2) is 0 Å². The molecule has 0 saturated heterocycles. The van der Waals surface area contributed by atoms with Crippen LogP contribution in [0.3, 0.4) is 0 Å². The standard InChI is InChI=1S/C8H8O2.C2H6.CH5N/c1-10-8-4-2-7(6-9)3-5-8;2*1-2/h2-6H,1H3;1-2H3;2H2,1H3. The van der Waals surface area contributed by atoms with Crippen LogP contribution in [0.4, 0.5) is 0 Å². The maximum absolute atomic E-state index is 10.2. The summed E-state index contributed by atoms with van der Waals surface area (Å²) in [5.74, 6) is 0.769. The molecule has 0 aliphatic heterocycles. The lowest BCUT2D eigenvalue weighted by Crippen LogP contribution is -1.82. The van der Waals surface area contributed by atoms with Gasteiger partial charge in [0.15, 0.2) is 0 Å². The van der Waals surface area contributed by atoms with E-state index in [4.69, 9.17) is 4.74 Å². The lowest BCUT2D eigenvalue weighted by Gasteiger charge is -1.96. The zero-order valence-electron chi connectivity index (χ0n) is 9.28. The maximum atomic E-state index is 10.2. The van der Waals surface area contributed by atoms with Gasteiger partial charge in [-0.1, -0.05) is 13.8 Å². The van der Waals surface area contributed by atoms with Gasteiger partial charge in [0.1, 0.15) is 12.0 Å². The third kappa shape index (κ3) is 6.20. The van der Waals surface area contributed by atoms with E-state index in [2.05, 4.69) is 5.73 Å². The summed E-state index contributed by atoms with van der Waals surface area (Å²) >= 11 is 0. The van der Waals surface area contributed by atoms with Crippen molar-refractivity contribution in [2.45, 2.75) is 13.8 Å². The molecule has 0 amide bonds. The zero-order chi connectivity index (χ0) is 11.4. The molecule has 80 valence electrons. The molecule has 3 nitrogen and oxygen atoms in total. The fourth-order valence-electron chi connectivity index (χ4n) is 0.682. The Balaban J connectivity index is 0. The molecular formula is C11H19NO2. The average Bonchev–Trinajstić information content (AvgIpc) is 2.34. The monoisotopic (exact) mass is 197 g/mol. The molecule has 0 saturated carbocycles. The summed E-state index contributed by atoms with van der Waals surface area (Å²) in [5, 5.41) is 0. The van der Waals surface area contributed by atoms with E-state index in [0.29, 0.717) is 5.56 Å². The first kappa shape index (κ1) is 15.1. The first-order chi connectivity index (χ1) is 6.86. The molecule has 0 radical (unpaired) electrons. The highest BCUT2D eigenvalue weighted by Crippen LogP contribution is 2.09. The largest absolute Gasteiger partial charge is 0.497 e. The van der Waals surface area contributed by atoms with Crippen LogP contribution in [0.25, 0.3) is 0 Å². The number of aldehydes is 1. The van der Waals surface area contributed by atoms with Crippen LogP contribution in [0.5, 0.6) is 5.75 Å². The second kappa shape index (κ2) is 11.6. The van der Waals surface area contributed by atoms with Crippen molar-refractivity contribution in [2.75, 3.05) is 14.2 Å². The molecule has 0 spiro atoms. The van der Waals surface area contributed by atoms with Gasteiger partial charge in [-0.2, -0.15) is 0 Å². The number of ether oxygens (including phenoxy) is 1. The summed E-state index contributed by atoms with van der Waals surface area (Å²) in [6.45, 7) is 4.00. The number of carbonyl (C=O) groups excluding carboxylic acids is 1. The Kier molecular flexibility index (Phi) is 12.6. The molecule has 0 bridgehead atoms. The van der Waals surface area contributed by atoms with Crippen LogP contribution in [-0.4, -0.2) is 20.4 Å². The van der Waals surface area contributed by atoms with Crippen molar-refractivity contribution in [1.29, 1.82) is 0 Å². The summed E-state index contributed by atoms with van der Waals surface area (Å²) in [4.78, 5) is 10.2. The number of benzene rings is 1. The second-order valence-electron chi connectivity index (χ2n) is 1.89. The van der Waals surface area contributed by atoms with Crippen molar-refractivity contribution in [3.63, 3.8) is 0 Å². The maximum Gasteiger partial charge on any atom is 0.150 e. The predicted octanol–water partition coefficient (Wildman–Crippen LogP) is 2.11. The van der Waals surface area contributed by atoms with Gasteiger partial charge in [0.2, 0.25) is 0 Å². The van der Waals surface area contributed by atoms with E-state index < -0.39 is 0 Å². The molecule has 0 heterocycles. The van der Waals surface area contributed by atoms with Gasteiger partial charge >= 0.3 is 0 Å². The van der Waals surface area contributed by atoms with Crippen LogP contribution in [0.1, 0.15) is 24.2 Å². The van der Waals surface area contributed by atoms with Gasteiger partial charge in [0.25, 0.3) is 0 Å². The van der Waals surface area contributed by atoms with Crippen LogP contribution in [-0.2, 0) is 0 Å². The number of hydrogen-bond acceptors (Lipinski definition) is 3. The number of hydrogen-bond donors (Lipinski definition) is 1. The Labute approximate surface area is 85.9 Å². The van der Waals surface area contributed by atoms with E-state index in [0.717, 1.165) is 12.0 Å². The van der Waals surface area contributed by atoms with Crippen molar-refractivity contribution in [3.8, 4) is 5.75 Å². The summed E-state index contributed by atoms with van der Waals surface area (Å²) in [6.07, 6.45) is 0.805. The predicted molar refractivity (Wildman–Crippen MR) is 59.8 cm³/mol. The zero-order valence-corrected chi connectivity index (χ0v) is 9.28. The highest BCUT2D eigenvalue weighted by atomic mass is 16.5. The third-order valence-corrected chi connectivity index (χ3v) is 1.25. The molecule has 0 aromatic heterocycles. The molecule has 0 aliphatic carbocycles. The van der Waals surface area contributed by atoms with Crippen LogP contribution in [0.15, 0.2) is 24.3 Å². The first-order valence-corrected chi connectivity index (χ1v) is 4.54. The third-order valence-electron chi connectivity index (χ3n) is 1.25. The van der Waals surface area contributed by atoms with Gasteiger partial charge in [-0.05, 0) is 31.3 Å². The summed E-state index contributed by atoms with van der Waals surface area (Å²) < 4.78 is 4.90. The van der Waals surface area contributed by atoms with Gasteiger partial charge in [-0.15, -0.1) is 0 Å². The van der Waals surface area contributed by atoms with Crippen LogP contribution < -0.4 is 10.5 Å². The Hall–Kier alpha value is -1.35. The van der Waals surface area contributed by atoms with E-state index in [1.54, 1.807) is 31.4 Å². The summed E-state index contributed by atoms with van der Waals surface area (Å²) in [6, 6.07) is 6.94. The van der Waals surface area contributed by atoms with E-state index in [9.17, 15) is 4.79 Å². The molecule has 1 aromatic carbocycles. The van der Waals surface area contributed by atoms with E-state index >= 15 is 0 Å². The molecule has 0 atom stereocenters. The molecule has 0 fully saturated rings. The highest BCUT2D eigenvalue weighted by Gasteiger charge is 1.89. The molecule has 2 N–H and O–H groups in total. The smallest absolute Gasteiger partial charge is 0.150 e. The highest BCUT2D eigenvalue weighted by molar-refractivity contribution is 5.74. The average molecular weight is 197 g/mol. The Morgan fingerprint density at radius 1 is 1.14 bits per heavy atom. The van der Waals surface area contributed by atoms with E-state index in [-0.39, 0.29) is 0 Å². The molecule has 3 heteroatoms. The topological polar surface area (TPSA) is 52.3 Å². The van der Waals surface area contributed by atoms with E-state index in [1.165, 1.54) is 7.05 Å². The van der Waals surface area contributed by atoms with Crippen molar-refractivity contribution in [1.82, 2.24) is 0 Å². The minimum Gasteiger partial charge on any atom is -0.497 e. The number of carbonyl (C=O) groups is 1. The van der Waals surface area contributed by atoms with Gasteiger partial charge < -0.3 is 10.5 Å². The summed E-state index contributed by atoms with van der Waals surface area (Å²) in [7, 11) is 3.09. The molecule has 0 aliphatic rings. The van der Waals surface area contributed by atoms with Crippen LogP contribution in [0, 0.1) is 0 Å². The number of nitrogens with two attached hydrogens (primary N) is 1. The van der Waals surface area contributed by atoms with Crippen LogP contribution >= 0.6 is 0 Å². The normalized spacial score (nSPS) is 7.21. The van der Waals surface area contributed by atoms with Gasteiger partial charge in [0.05, 0.1) is 7.11 Å². The number of methoxy groups -OCH3 is 1. The molecular weight excluding hydrogens is 178 g/mol. The minimum absolute atomic E-state index is 0.667. The molecule has 14 heavy (non-hydrogen) atoms. The van der Waals surface area contributed by atoms with Gasteiger partial charge in [0, 0.05) is 5.56 Å². The Morgan fingerprint density at radius 2 is 1.57 bits per heavy atom. The Bertz CT molecular complexity index is 219. The van der Waals surface area contributed by atoms with Crippen molar-refractivity contribution in [3.05, 3.63) is 29.8 Å². The van der Waals surface area contributed by atoms with Crippen molar-refractivity contribution < 1.29 is 9.53 Å². The molecule has 0 unspecified atom stereocenters. The molecule has 1 aromatic rings. The first-order valence-electron chi connectivity index (χ1n) is 4.54.